The second kappa shape index (κ2) is 7.58. The second-order valence-electron chi connectivity index (χ2n) is 4.29. The lowest BCUT2D eigenvalue weighted by atomic mass is 10.2. The number of rotatable bonds is 7. The molecule has 0 aliphatic carbocycles. The third-order valence-corrected chi connectivity index (χ3v) is 2.89. The molecule has 0 aliphatic rings. The van der Waals surface area contributed by atoms with Crippen LogP contribution in [0.25, 0.3) is 0 Å². The van der Waals surface area contributed by atoms with Crippen LogP contribution in [0, 0.1) is 0 Å². The summed E-state index contributed by atoms with van der Waals surface area (Å²) >= 11 is 0. The zero-order valence-corrected chi connectivity index (χ0v) is 11.4. The van der Waals surface area contributed by atoms with Gasteiger partial charge in [0.1, 0.15) is 0 Å². The predicted octanol–water partition coefficient (Wildman–Crippen LogP) is 1.05. The van der Waals surface area contributed by atoms with Gasteiger partial charge in [-0.2, -0.15) is 0 Å². The molecule has 0 aliphatic heterocycles. The van der Waals surface area contributed by atoms with Crippen LogP contribution in [0.2, 0.25) is 0 Å². The number of hydrogen-bond donors (Lipinski definition) is 2. The lowest BCUT2D eigenvalue weighted by molar-refractivity contribution is 0.0602. The van der Waals surface area contributed by atoms with Gasteiger partial charge in [-0.3, -0.25) is 0 Å². The second-order valence-corrected chi connectivity index (χ2v) is 4.29. The van der Waals surface area contributed by atoms with Crippen LogP contribution < -0.4 is 10.6 Å². The summed E-state index contributed by atoms with van der Waals surface area (Å²) in [7, 11) is 3.19. The SMILES string of the molecule is COC(=O)c1ccnc(N(C)CCCCCO)c1N. The summed E-state index contributed by atoms with van der Waals surface area (Å²) in [5.74, 6) is 0.113. The third-order valence-electron chi connectivity index (χ3n) is 2.89. The highest BCUT2D eigenvalue weighted by Crippen LogP contribution is 2.23. The van der Waals surface area contributed by atoms with Crippen molar-refractivity contribution in [1.82, 2.24) is 4.98 Å². The fourth-order valence-electron chi connectivity index (χ4n) is 1.80. The first-order valence-electron chi connectivity index (χ1n) is 6.26. The van der Waals surface area contributed by atoms with Crippen molar-refractivity contribution in [2.24, 2.45) is 0 Å². The Kier molecular flexibility index (Phi) is 6.08. The van der Waals surface area contributed by atoms with E-state index in [4.69, 9.17) is 10.8 Å². The first kappa shape index (κ1) is 15.2. The van der Waals surface area contributed by atoms with Gasteiger partial charge in [-0.25, -0.2) is 9.78 Å². The van der Waals surface area contributed by atoms with Gasteiger partial charge in [0.25, 0.3) is 0 Å². The van der Waals surface area contributed by atoms with Crippen molar-refractivity contribution in [3.05, 3.63) is 17.8 Å². The molecule has 106 valence electrons. The van der Waals surface area contributed by atoms with Gasteiger partial charge >= 0.3 is 5.97 Å². The molecule has 0 spiro atoms. The molecule has 1 aromatic heterocycles. The molecule has 0 saturated carbocycles. The number of aliphatic hydroxyl groups is 1. The first-order chi connectivity index (χ1) is 9.11. The van der Waals surface area contributed by atoms with Gasteiger partial charge in [-0.05, 0) is 25.3 Å². The smallest absolute Gasteiger partial charge is 0.340 e. The Morgan fingerprint density at radius 2 is 2.21 bits per heavy atom. The van der Waals surface area contributed by atoms with E-state index in [9.17, 15) is 4.79 Å². The van der Waals surface area contributed by atoms with Crippen LogP contribution in [0.1, 0.15) is 29.6 Å². The van der Waals surface area contributed by atoms with Crippen LogP contribution in [-0.2, 0) is 4.74 Å². The number of aliphatic hydroxyl groups excluding tert-OH is 1. The van der Waals surface area contributed by atoms with Gasteiger partial charge in [0.05, 0.1) is 18.4 Å². The average Bonchev–Trinajstić information content (AvgIpc) is 2.42. The summed E-state index contributed by atoms with van der Waals surface area (Å²) in [6, 6.07) is 1.55. The zero-order chi connectivity index (χ0) is 14.3. The summed E-state index contributed by atoms with van der Waals surface area (Å²) < 4.78 is 4.67. The number of unbranched alkanes of at least 4 members (excludes halogenated alkanes) is 2. The van der Waals surface area contributed by atoms with E-state index in [2.05, 4.69) is 9.72 Å². The van der Waals surface area contributed by atoms with E-state index in [1.54, 1.807) is 12.3 Å². The molecule has 0 unspecified atom stereocenters. The lowest BCUT2D eigenvalue weighted by Gasteiger charge is -2.20. The summed E-state index contributed by atoms with van der Waals surface area (Å²) in [6.07, 6.45) is 4.21. The summed E-state index contributed by atoms with van der Waals surface area (Å²) in [4.78, 5) is 17.6. The number of methoxy groups -OCH3 is 1. The van der Waals surface area contributed by atoms with E-state index in [0.717, 1.165) is 25.8 Å². The molecule has 3 N–H and O–H groups in total. The molecule has 0 amide bonds. The molecular formula is C13H21N3O3. The molecule has 0 radical (unpaired) electrons. The Bertz CT molecular complexity index is 424. The highest BCUT2D eigenvalue weighted by molar-refractivity contribution is 5.97. The molecule has 1 aromatic rings. The number of nitrogens with two attached hydrogens (primary N) is 1. The Hall–Kier alpha value is -1.82. The molecule has 1 rings (SSSR count). The van der Waals surface area contributed by atoms with Crippen LogP contribution in [0.5, 0.6) is 0 Å². The first-order valence-corrected chi connectivity index (χ1v) is 6.26. The summed E-state index contributed by atoms with van der Waals surface area (Å²) in [5, 5.41) is 8.72. The van der Waals surface area contributed by atoms with Gasteiger partial charge in [0, 0.05) is 26.4 Å². The van der Waals surface area contributed by atoms with Gasteiger partial charge in [-0.1, -0.05) is 0 Å². The van der Waals surface area contributed by atoms with E-state index < -0.39 is 5.97 Å². The number of nitrogen functional groups attached to an aromatic ring is 1. The van der Waals surface area contributed by atoms with Gasteiger partial charge < -0.3 is 20.5 Å². The Balaban J connectivity index is 2.74. The van der Waals surface area contributed by atoms with Crippen LogP contribution in [0.4, 0.5) is 11.5 Å². The normalized spacial score (nSPS) is 10.3. The fourth-order valence-corrected chi connectivity index (χ4v) is 1.80. The van der Waals surface area contributed by atoms with Crippen molar-refractivity contribution >= 4 is 17.5 Å². The molecule has 0 saturated heterocycles. The highest BCUT2D eigenvalue weighted by Gasteiger charge is 2.15. The number of aromatic nitrogens is 1. The minimum atomic E-state index is -0.463. The minimum Gasteiger partial charge on any atom is -0.465 e. The molecule has 6 heteroatoms. The molecule has 0 bridgehead atoms. The molecular weight excluding hydrogens is 246 g/mol. The van der Waals surface area contributed by atoms with Crippen molar-refractivity contribution in [3.8, 4) is 0 Å². The molecule has 0 fully saturated rings. The maximum Gasteiger partial charge on any atom is 0.340 e. The number of esters is 1. The van der Waals surface area contributed by atoms with Crippen LogP contribution >= 0.6 is 0 Å². The van der Waals surface area contributed by atoms with Gasteiger partial charge in [0.15, 0.2) is 5.82 Å². The predicted molar refractivity (Wildman–Crippen MR) is 74.2 cm³/mol. The minimum absolute atomic E-state index is 0.210. The molecule has 0 atom stereocenters. The van der Waals surface area contributed by atoms with E-state index in [-0.39, 0.29) is 6.61 Å². The number of nitrogens with zero attached hydrogens (tertiary/aromatic N) is 2. The van der Waals surface area contributed by atoms with E-state index >= 15 is 0 Å². The Morgan fingerprint density at radius 3 is 2.84 bits per heavy atom. The topological polar surface area (TPSA) is 88.7 Å². The van der Waals surface area contributed by atoms with Crippen LogP contribution in [0.3, 0.4) is 0 Å². The number of carbonyl (C=O) groups excluding carboxylic acids is 1. The molecule has 6 nitrogen and oxygen atoms in total. The van der Waals surface area contributed by atoms with Crippen molar-refractivity contribution in [1.29, 1.82) is 0 Å². The van der Waals surface area contributed by atoms with Crippen molar-refractivity contribution in [2.75, 3.05) is 37.9 Å². The largest absolute Gasteiger partial charge is 0.465 e. The molecule has 0 aromatic carbocycles. The van der Waals surface area contributed by atoms with Crippen molar-refractivity contribution < 1.29 is 14.6 Å². The highest BCUT2D eigenvalue weighted by atomic mass is 16.5. The van der Waals surface area contributed by atoms with E-state index in [0.29, 0.717) is 17.1 Å². The van der Waals surface area contributed by atoms with Crippen molar-refractivity contribution in [3.63, 3.8) is 0 Å². The third kappa shape index (κ3) is 4.10. The quantitative estimate of drug-likeness (QED) is 0.567. The lowest BCUT2D eigenvalue weighted by Crippen LogP contribution is -2.22. The monoisotopic (exact) mass is 267 g/mol. The Morgan fingerprint density at radius 1 is 1.47 bits per heavy atom. The number of hydrogen-bond acceptors (Lipinski definition) is 6. The number of anilines is 2. The average molecular weight is 267 g/mol. The zero-order valence-electron chi connectivity index (χ0n) is 11.4. The summed E-state index contributed by atoms with van der Waals surface area (Å²) in [6.45, 7) is 0.976. The van der Waals surface area contributed by atoms with E-state index in [1.165, 1.54) is 7.11 Å². The summed E-state index contributed by atoms with van der Waals surface area (Å²) in [5.41, 5.74) is 6.61. The van der Waals surface area contributed by atoms with Gasteiger partial charge in [-0.15, -0.1) is 0 Å². The number of pyridine rings is 1. The fraction of sp³-hybridized carbons (Fsp3) is 0.538. The van der Waals surface area contributed by atoms with Crippen molar-refractivity contribution in [2.45, 2.75) is 19.3 Å². The molecule has 19 heavy (non-hydrogen) atoms. The maximum atomic E-state index is 11.5. The molecule has 1 heterocycles. The van der Waals surface area contributed by atoms with Gasteiger partial charge in [0.2, 0.25) is 0 Å². The Labute approximate surface area is 113 Å². The van der Waals surface area contributed by atoms with E-state index in [1.807, 2.05) is 11.9 Å². The standard InChI is InChI=1S/C13H21N3O3/c1-16(8-4-3-5-9-17)12-11(14)10(6-7-15-12)13(18)19-2/h6-7,17H,3-5,8-9,14H2,1-2H3. The number of carbonyl (C=O) groups is 1. The van der Waals surface area contributed by atoms with Crippen LogP contribution in [-0.4, -0.2) is 43.4 Å². The van der Waals surface area contributed by atoms with Crippen LogP contribution in [0.15, 0.2) is 12.3 Å². The maximum absolute atomic E-state index is 11.5. The number of ether oxygens (including phenoxy) is 1.